The van der Waals surface area contributed by atoms with Crippen LogP contribution in [0.15, 0.2) is 27.9 Å². The Balaban J connectivity index is 1.56. The molecule has 1 aliphatic rings. The van der Waals surface area contributed by atoms with Crippen molar-refractivity contribution in [2.45, 2.75) is 63.8 Å². The Hall–Kier alpha value is -2.35. The van der Waals surface area contributed by atoms with Gasteiger partial charge in [-0.1, -0.05) is 31.8 Å². The van der Waals surface area contributed by atoms with Crippen LogP contribution in [-0.4, -0.2) is 34.7 Å². The predicted octanol–water partition coefficient (Wildman–Crippen LogP) is 4.08. The molecule has 1 amide bonds. The van der Waals surface area contributed by atoms with Crippen LogP contribution in [0.4, 0.5) is 0 Å². The van der Waals surface area contributed by atoms with E-state index in [2.05, 4.69) is 29.3 Å². The number of hydrogen-bond acceptors (Lipinski definition) is 7. The Kier molecular flexibility index (Phi) is 7.53. The van der Waals surface area contributed by atoms with Crippen LogP contribution in [-0.2, 0) is 15.3 Å². The lowest BCUT2D eigenvalue weighted by molar-refractivity contribution is -0.125. The van der Waals surface area contributed by atoms with Crippen molar-refractivity contribution in [1.82, 2.24) is 15.5 Å². The van der Waals surface area contributed by atoms with Crippen molar-refractivity contribution in [3.63, 3.8) is 0 Å². The predicted molar refractivity (Wildman–Crippen MR) is 114 cm³/mol. The van der Waals surface area contributed by atoms with Crippen LogP contribution in [0.5, 0.6) is 0 Å². The van der Waals surface area contributed by atoms with E-state index in [0.29, 0.717) is 28.2 Å². The van der Waals surface area contributed by atoms with Crippen LogP contribution in [0.2, 0.25) is 0 Å². The van der Waals surface area contributed by atoms with Crippen LogP contribution in [0, 0.1) is 25.7 Å². The van der Waals surface area contributed by atoms with Gasteiger partial charge in [0.1, 0.15) is 10.8 Å². The maximum Gasteiger partial charge on any atom is 0.341 e. The molecule has 1 aliphatic carbocycles. The summed E-state index contributed by atoms with van der Waals surface area (Å²) >= 11 is 1.41. The summed E-state index contributed by atoms with van der Waals surface area (Å²) in [5.74, 6) is 1.52. The summed E-state index contributed by atoms with van der Waals surface area (Å²) in [7, 11) is 0. The molecular weight excluding hydrogens is 402 g/mol. The second kappa shape index (κ2) is 10.1. The molecule has 30 heavy (non-hydrogen) atoms. The van der Waals surface area contributed by atoms with Crippen molar-refractivity contribution in [3.05, 3.63) is 40.9 Å². The molecule has 1 fully saturated rings. The molecule has 162 valence electrons. The standard InChI is InChI=1S/C22H29N3O4S/c1-13-7-5-9-19(14(13)2)24-20(26)11-28-22(27)17-8-6-10-23-21(17)30-12-18-15(3)25-29-16(18)4/h6,8,10,13-14,19H,5,7,9,11-12H2,1-4H3,(H,24,26)/t13-,14+,19+/m0/s1. The van der Waals surface area contributed by atoms with Gasteiger partial charge in [0.2, 0.25) is 0 Å². The first kappa shape index (κ1) is 22.3. The molecule has 1 saturated carbocycles. The molecule has 8 heteroatoms. The topological polar surface area (TPSA) is 94.3 Å². The van der Waals surface area contributed by atoms with E-state index in [4.69, 9.17) is 9.26 Å². The molecule has 7 nitrogen and oxygen atoms in total. The number of aryl methyl sites for hydroxylation is 2. The summed E-state index contributed by atoms with van der Waals surface area (Å²) < 4.78 is 10.5. The first-order valence-electron chi connectivity index (χ1n) is 10.3. The van der Waals surface area contributed by atoms with Gasteiger partial charge in [-0.05, 0) is 44.2 Å². The summed E-state index contributed by atoms with van der Waals surface area (Å²) in [6, 6.07) is 3.48. The first-order valence-corrected chi connectivity index (χ1v) is 11.3. The highest BCUT2D eigenvalue weighted by Crippen LogP contribution is 2.30. The van der Waals surface area contributed by atoms with Crippen LogP contribution < -0.4 is 5.32 Å². The van der Waals surface area contributed by atoms with E-state index in [1.165, 1.54) is 18.2 Å². The van der Waals surface area contributed by atoms with Crippen molar-refractivity contribution >= 4 is 23.6 Å². The number of esters is 1. The Bertz CT molecular complexity index is 879. The second-order valence-corrected chi connectivity index (χ2v) is 8.93. The molecule has 3 rings (SSSR count). The third-order valence-corrected chi connectivity index (χ3v) is 6.94. The van der Waals surface area contributed by atoms with Crippen LogP contribution in [0.3, 0.4) is 0 Å². The van der Waals surface area contributed by atoms with E-state index < -0.39 is 5.97 Å². The summed E-state index contributed by atoms with van der Waals surface area (Å²) in [5.41, 5.74) is 2.16. The highest BCUT2D eigenvalue weighted by molar-refractivity contribution is 7.98. The summed E-state index contributed by atoms with van der Waals surface area (Å²) in [4.78, 5) is 29.2. The quantitative estimate of drug-likeness (QED) is 0.521. The van der Waals surface area contributed by atoms with E-state index in [9.17, 15) is 9.59 Å². The second-order valence-electron chi connectivity index (χ2n) is 7.96. The van der Waals surface area contributed by atoms with Gasteiger partial charge in [0.15, 0.2) is 6.61 Å². The monoisotopic (exact) mass is 431 g/mol. The smallest absolute Gasteiger partial charge is 0.341 e. The van der Waals surface area contributed by atoms with Gasteiger partial charge in [0.25, 0.3) is 5.91 Å². The molecule has 2 aromatic rings. The molecule has 0 bridgehead atoms. The lowest BCUT2D eigenvalue weighted by Crippen LogP contribution is -2.45. The van der Waals surface area contributed by atoms with Crippen LogP contribution >= 0.6 is 11.8 Å². The minimum absolute atomic E-state index is 0.138. The molecule has 0 aliphatic heterocycles. The lowest BCUT2D eigenvalue weighted by Gasteiger charge is -2.34. The normalized spacial score (nSPS) is 21.3. The highest BCUT2D eigenvalue weighted by atomic mass is 32.2. The van der Waals surface area contributed by atoms with Gasteiger partial charge in [0, 0.05) is 23.6 Å². The average molecular weight is 432 g/mol. The summed E-state index contributed by atoms with van der Waals surface area (Å²) in [5, 5.41) is 7.52. The van der Waals surface area contributed by atoms with Gasteiger partial charge < -0.3 is 14.6 Å². The van der Waals surface area contributed by atoms with Gasteiger partial charge in [-0.2, -0.15) is 0 Å². The molecule has 2 heterocycles. The van der Waals surface area contributed by atoms with Crippen molar-refractivity contribution in [2.75, 3.05) is 6.61 Å². The third-order valence-electron chi connectivity index (χ3n) is 5.91. The van der Waals surface area contributed by atoms with Gasteiger partial charge in [-0.15, -0.1) is 11.8 Å². The number of hydrogen-bond donors (Lipinski definition) is 1. The highest BCUT2D eigenvalue weighted by Gasteiger charge is 2.28. The number of thioether (sulfide) groups is 1. The van der Waals surface area contributed by atoms with E-state index in [1.54, 1.807) is 18.3 Å². The van der Waals surface area contributed by atoms with Crippen molar-refractivity contribution in [2.24, 2.45) is 11.8 Å². The maximum absolute atomic E-state index is 12.6. The first-order chi connectivity index (χ1) is 14.4. The van der Waals surface area contributed by atoms with Crippen molar-refractivity contribution in [3.8, 4) is 0 Å². The number of carbonyl (C=O) groups excluding carboxylic acids is 2. The Morgan fingerprint density at radius 1 is 1.30 bits per heavy atom. The number of rotatable bonds is 7. The SMILES string of the molecule is Cc1noc(C)c1CSc1ncccc1C(=O)OCC(=O)N[C@@H]1CCC[C@H](C)[C@H]1C. The number of amides is 1. The zero-order valence-electron chi connectivity index (χ0n) is 17.9. The van der Waals surface area contributed by atoms with E-state index in [-0.39, 0.29) is 18.6 Å². The van der Waals surface area contributed by atoms with Gasteiger partial charge in [0.05, 0.1) is 11.3 Å². The van der Waals surface area contributed by atoms with E-state index in [0.717, 1.165) is 29.9 Å². The fraction of sp³-hybridized carbons (Fsp3) is 0.545. The fourth-order valence-corrected chi connectivity index (χ4v) is 4.89. The Labute approximate surface area is 181 Å². The molecular formula is C22H29N3O4S. The molecule has 3 atom stereocenters. The summed E-state index contributed by atoms with van der Waals surface area (Å²) in [6.07, 6.45) is 4.90. The largest absolute Gasteiger partial charge is 0.452 e. The zero-order chi connectivity index (χ0) is 21.7. The van der Waals surface area contributed by atoms with E-state index >= 15 is 0 Å². The molecule has 0 aromatic carbocycles. The van der Waals surface area contributed by atoms with Crippen molar-refractivity contribution < 1.29 is 18.8 Å². The van der Waals surface area contributed by atoms with Crippen molar-refractivity contribution in [1.29, 1.82) is 0 Å². The molecule has 0 unspecified atom stereocenters. The fourth-order valence-electron chi connectivity index (χ4n) is 3.75. The molecule has 0 radical (unpaired) electrons. The minimum Gasteiger partial charge on any atom is -0.452 e. The number of ether oxygens (including phenoxy) is 1. The maximum atomic E-state index is 12.6. The van der Waals surface area contributed by atoms with Crippen LogP contribution in [0.25, 0.3) is 0 Å². The minimum atomic E-state index is -0.551. The average Bonchev–Trinajstić information content (AvgIpc) is 3.05. The Morgan fingerprint density at radius 2 is 2.10 bits per heavy atom. The van der Waals surface area contributed by atoms with Gasteiger partial charge in [-0.3, -0.25) is 4.79 Å². The number of nitrogens with zero attached hydrogens (tertiary/aromatic N) is 2. The lowest BCUT2D eigenvalue weighted by atomic mass is 9.78. The number of pyridine rings is 1. The molecule has 1 N–H and O–H groups in total. The number of aromatic nitrogens is 2. The van der Waals surface area contributed by atoms with E-state index in [1.807, 2.05) is 13.8 Å². The molecule has 0 saturated heterocycles. The van der Waals surface area contributed by atoms with Crippen LogP contribution in [0.1, 0.15) is 60.5 Å². The summed E-state index contributed by atoms with van der Waals surface area (Å²) in [6.45, 7) is 7.83. The van der Waals surface area contributed by atoms with Gasteiger partial charge >= 0.3 is 5.97 Å². The zero-order valence-corrected chi connectivity index (χ0v) is 18.8. The number of carbonyl (C=O) groups is 2. The number of nitrogens with one attached hydrogen (secondary N) is 1. The third kappa shape index (κ3) is 5.41. The molecule has 0 spiro atoms. The van der Waals surface area contributed by atoms with Gasteiger partial charge in [-0.25, -0.2) is 9.78 Å². The Morgan fingerprint density at radius 3 is 2.83 bits per heavy atom. The molecule has 2 aromatic heterocycles.